The van der Waals surface area contributed by atoms with Gasteiger partial charge >= 0.3 is 0 Å². The first-order valence-corrected chi connectivity index (χ1v) is 8.39. The van der Waals surface area contributed by atoms with Crippen molar-refractivity contribution < 1.29 is 9.59 Å². The average molecular weight is 334 g/mol. The highest BCUT2D eigenvalue weighted by molar-refractivity contribution is 5.92. The third-order valence-electron chi connectivity index (χ3n) is 4.52. The van der Waals surface area contributed by atoms with Gasteiger partial charge in [0.15, 0.2) is 0 Å². The van der Waals surface area contributed by atoms with Crippen LogP contribution in [-0.4, -0.2) is 16.7 Å². The summed E-state index contributed by atoms with van der Waals surface area (Å²) in [7, 11) is 0. The number of benzene rings is 2. The number of fused-ring (bicyclic) bond motifs is 1. The van der Waals surface area contributed by atoms with Crippen LogP contribution >= 0.6 is 0 Å². The fourth-order valence-corrected chi connectivity index (χ4v) is 3.16. The normalized spacial score (nSPS) is 15.6. The number of amides is 2. The van der Waals surface area contributed by atoms with Gasteiger partial charge in [-0.25, -0.2) is 0 Å². The maximum Gasteiger partial charge on any atom is 0.226 e. The minimum atomic E-state index is -0.288. The minimum Gasteiger partial charge on any atom is -0.326 e. The lowest BCUT2D eigenvalue weighted by Gasteiger charge is -2.32. The van der Waals surface area contributed by atoms with Gasteiger partial charge in [-0.3, -0.25) is 9.59 Å². The summed E-state index contributed by atoms with van der Waals surface area (Å²) >= 11 is 0. The number of hydrogen-bond donors (Lipinski definition) is 1. The van der Waals surface area contributed by atoms with E-state index in [9.17, 15) is 9.59 Å². The molecule has 0 bridgehead atoms. The van der Waals surface area contributed by atoms with Crippen molar-refractivity contribution in [2.75, 3.05) is 5.32 Å². The summed E-state index contributed by atoms with van der Waals surface area (Å²) in [5.41, 5.74) is 4.98. The van der Waals surface area contributed by atoms with Crippen molar-refractivity contribution in [3.05, 3.63) is 70.9 Å². The van der Waals surface area contributed by atoms with Crippen LogP contribution in [-0.2, 0) is 9.59 Å². The Morgan fingerprint density at radius 1 is 1.12 bits per heavy atom. The first-order chi connectivity index (χ1) is 12.0. The summed E-state index contributed by atoms with van der Waals surface area (Å²) in [6, 6.07) is 13.6. The van der Waals surface area contributed by atoms with Gasteiger partial charge in [0.05, 0.1) is 12.5 Å². The van der Waals surface area contributed by atoms with E-state index in [4.69, 9.17) is 0 Å². The van der Waals surface area contributed by atoms with Crippen LogP contribution in [0.15, 0.2) is 48.7 Å². The molecular weight excluding hydrogens is 312 g/mol. The maximum absolute atomic E-state index is 12.6. The Morgan fingerprint density at radius 3 is 2.64 bits per heavy atom. The molecule has 0 spiro atoms. The number of carbonyl (C=O) groups excluding carboxylic acids is 2. The third-order valence-corrected chi connectivity index (χ3v) is 4.52. The first-order valence-electron chi connectivity index (χ1n) is 8.39. The molecule has 0 saturated heterocycles. The van der Waals surface area contributed by atoms with E-state index in [1.165, 1.54) is 6.92 Å². The number of nitrogens with one attached hydrogen (secondary N) is 1. The molecule has 1 aliphatic rings. The molecule has 1 heterocycles. The molecule has 4 heteroatoms. The van der Waals surface area contributed by atoms with Crippen LogP contribution in [0.5, 0.6) is 0 Å². The van der Waals surface area contributed by atoms with Gasteiger partial charge < -0.3 is 10.2 Å². The van der Waals surface area contributed by atoms with Crippen LogP contribution in [0.2, 0.25) is 0 Å². The summed E-state index contributed by atoms with van der Waals surface area (Å²) in [4.78, 5) is 26.3. The molecule has 1 N–H and O–H groups in total. The molecule has 2 aromatic rings. The molecule has 2 amide bonds. The Labute approximate surface area is 148 Å². The lowest BCUT2D eigenvalue weighted by molar-refractivity contribution is -0.129. The number of anilines is 1. The zero-order valence-corrected chi connectivity index (χ0v) is 14.7. The SMILES string of the molecule is CC(=O)N1C=Cc2ccccc2[C@H]1CC(=O)Nc1cc(C)ccc1C. The summed E-state index contributed by atoms with van der Waals surface area (Å²) in [5.74, 6) is -0.176. The van der Waals surface area contributed by atoms with Crippen LogP contribution in [0.1, 0.15) is 41.6 Å². The van der Waals surface area contributed by atoms with E-state index in [1.54, 1.807) is 11.1 Å². The Kier molecular flexibility index (Phi) is 4.70. The highest BCUT2D eigenvalue weighted by Gasteiger charge is 2.28. The van der Waals surface area contributed by atoms with Crippen molar-refractivity contribution in [2.24, 2.45) is 0 Å². The molecule has 1 atom stereocenters. The molecule has 3 rings (SSSR count). The van der Waals surface area contributed by atoms with E-state index in [0.717, 1.165) is 27.9 Å². The highest BCUT2D eigenvalue weighted by Crippen LogP contribution is 2.33. The van der Waals surface area contributed by atoms with E-state index < -0.39 is 0 Å². The van der Waals surface area contributed by atoms with Gasteiger partial charge in [0.25, 0.3) is 0 Å². The fraction of sp³-hybridized carbons (Fsp3) is 0.238. The predicted octanol–water partition coefficient (Wildman–Crippen LogP) is 4.21. The van der Waals surface area contributed by atoms with Gasteiger partial charge in [0, 0.05) is 18.8 Å². The molecule has 0 fully saturated rings. The summed E-state index contributed by atoms with van der Waals surface area (Å²) in [5, 5.41) is 2.99. The smallest absolute Gasteiger partial charge is 0.226 e. The summed E-state index contributed by atoms with van der Waals surface area (Å²) in [6.45, 7) is 5.48. The van der Waals surface area contributed by atoms with E-state index in [0.29, 0.717) is 0 Å². The largest absolute Gasteiger partial charge is 0.326 e. The second kappa shape index (κ2) is 6.93. The standard InChI is InChI=1S/C21H22N2O2/c1-14-8-9-15(2)19(12-14)22-21(25)13-20-18-7-5-4-6-17(18)10-11-23(20)16(3)24/h4-12,20H,13H2,1-3H3,(H,22,25)/t20-/m1/s1. The van der Waals surface area contributed by atoms with Crippen LogP contribution < -0.4 is 5.32 Å². The Morgan fingerprint density at radius 2 is 1.88 bits per heavy atom. The van der Waals surface area contributed by atoms with Crippen LogP contribution in [0, 0.1) is 13.8 Å². The Hall–Kier alpha value is -2.88. The maximum atomic E-state index is 12.6. The number of hydrogen-bond acceptors (Lipinski definition) is 2. The monoisotopic (exact) mass is 334 g/mol. The molecule has 0 radical (unpaired) electrons. The van der Waals surface area contributed by atoms with E-state index in [1.807, 2.05) is 62.4 Å². The van der Waals surface area contributed by atoms with Crippen molar-refractivity contribution in [1.29, 1.82) is 0 Å². The van der Waals surface area contributed by atoms with E-state index in [-0.39, 0.29) is 24.3 Å². The Bertz CT molecular complexity index is 855. The molecule has 25 heavy (non-hydrogen) atoms. The van der Waals surface area contributed by atoms with Crippen molar-refractivity contribution in [2.45, 2.75) is 33.2 Å². The molecule has 128 valence electrons. The Balaban J connectivity index is 1.84. The molecule has 0 aliphatic carbocycles. The molecule has 0 unspecified atom stereocenters. The van der Waals surface area contributed by atoms with Crippen molar-refractivity contribution in [1.82, 2.24) is 4.90 Å². The average Bonchev–Trinajstić information content (AvgIpc) is 2.58. The van der Waals surface area contributed by atoms with Crippen LogP contribution in [0.4, 0.5) is 5.69 Å². The lowest BCUT2D eigenvalue weighted by Crippen LogP contribution is -2.33. The van der Waals surface area contributed by atoms with Crippen molar-refractivity contribution >= 4 is 23.6 Å². The zero-order chi connectivity index (χ0) is 18.0. The quantitative estimate of drug-likeness (QED) is 0.914. The van der Waals surface area contributed by atoms with Crippen molar-refractivity contribution in [3.8, 4) is 0 Å². The topological polar surface area (TPSA) is 49.4 Å². The van der Waals surface area contributed by atoms with Gasteiger partial charge in [0.2, 0.25) is 11.8 Å². The van der Waals surface area contributed by atoms with Crippen molar-refractivity contribution in [3.63, 3.8) is 0 Å². The predicted molar refractivity (Wildman–Crippen MR) is 99.9 cm³/mol. The second-order valence-electron chi connectivity index (χ2n) is 6.46. The second-order valence-corrected chi connectivity index (χ2v) is 6.46. The third kappa shape index (κ3) is 3.63. The first kappa shape index (κ1) is 17.0. The zero-order valence-electron chi connectivity index (χ0n) is 14.7. The molecule has 0 saturated carbocycles. The molecule has 2 aromatic carbocycles. The van der Waals surface area contributed by atoms with Gasteiger partial charge in [-0.2, -0.15) is 0 Å². The van der Waals surface area contributed by atoms with Crippen LogP contribution in [0.3, 0.4) is 0 Å². The lowest BCUT2D eigenvalue weighted by atomic mass is 9.93. The molecule has 0 aromatic heterocycles. The summed E-state index contributed by atoms with van der Waals surface area (Å²) in [6.07, 6.45) is 3.89. The fourth-order valence-electron chi connectivity index (χ4n) is 3.16. The summed E-state index contributed by atoms with van der Waals surface area (Å²) < 4.78 is 0. The number of carbonyl (C=O) groups is 2. The molecular formula is C21H22N2O2. The van der Waals surface area contributed by atoms with Gasteiger partial charge in [0.1, 0.15) is 0 Å². The number of rotatable bonds is 3. The van der Waals surface area contributed by atoms with E-state index in [2.05, 4.69) is 5.32 Å². The van der Waals surface area contributed by atoms with Gasteiger partial charge in [-0.1, -0.05) is 36.4 Å². The number of nitrogens with zero attached hydrogens (tertiary/aromatic N) is 1. The molecule has 1 aliphatic heterocycles. The number of aryl methyl sites for hydroxylation is 2. The van der Waals surface area contributed by atoms with Gasteiger partial charge in [-0.05, 0) is 48.2 Å². The minimum absolute atomic E-state index is 0.0738. The molecule has 4 nitrogen and oxygen atoms in total. The van der Waals surface area contributed by atoms with Gasteiger partial charge in [-0.15, -0.1) is 0 Å². The van der Waals surface area contributed by atoms with E-state index >= 15 is 0 Å². The van der Waals surface area contributed by atoms with Crippen LogP contribution in [0.25, 0.3) is 6.08 Å². The highest BCUT2D eigenvalue weighted by atomic mass is 16.2.